The number of unbranched alkanes of at least 4 members (excludes halogenated alkanes) is 7. The fourth-order valence-electron chi connectivity index (χ4n) is 3.90. The molecule has 3 nitrogen and oxygen atoms in total. The number of carbonyl (C=O) groups excluding carboxylic acids is 2. The zero-order valence-electron chi connectivity index (χ0n) is 16.7. The van der Waals surface area contributed by atoms with Crippen molar-refractivity contribution in [2.45, 2.75) is 90.4 Å². The monoisotopic (exact) mass is 362 g/mol. The summed E-state index contributed by atoms with van der Waals surface area (Å²) in [6.45, 7) is 6.02. The highest BCUT2D eigenvalue weighted by atomic mass is 16.5. The molecule has 0 heterocycles. The van der Waals surface area contributed by atoms with E-state index in [0.717, 1.165) is 38.5 Å². The van der Waals surface area contributed by atoms with Crippen LogP contribution in [-0.4, -0.2) is 18.4 Å². The lowest BCUT2D eigenvalue weighted by Gasteiger charge is -2.18. The number of hydrogen-bond donors (Lipinski definition) is 0. The van der Waals surface area contributed by atoms with E-state index in [4.69, 9.17) is 4.74 Å². The number of ketones is 1. The molecule has 0 N–H and O–H groups in total. The molecule has 3 heteroatoms. The van der Waals surface area contributed by atoms with Crippen molar-refractivity contribution in [3.05, 3.63) is 24.8 Å². The molecule has 0 bridgehead atoms. The van der Waals surface area contributed by atoms with E-state index in [1.165, 1.54) is 51.0 Å². The van der Waals surface area contributed by atoms with Crippen molar-refractivity contribution in [2.24, 2.45) is 11.8 Å². The zero-order chi connectivity index (χ0) is 19.0. The van der Waals surface area contributed by atoms with Crippen LogP contribution >= 0.6 is 0 Å². The fraction of sp³-hybridized carbons (Fsp3) is 0.739. The van der Waals surface area contributed by atoms with Crippen molar-refractivity contribution in [1.29, 1.82) is 0 Å². The van der Waals surface area contributed by atoms with Gasteiger partial charge in [0.15, 0.2) is 0 Å². The lowest BCUT2D eigenvalue weighted by Crippen LogP contribution is -2.14. The number of allylic oxidation sites excluding steroid dienone is 1. The molecule has 0 radical (unpaired) electrons. The Kier molecular flexibility index (Phi) is 12.9. The molecule has 0 aromatic carbocycles. The highest BCUT2D eigenvalue weighted by molar-refractivity contribution is 5.83. The van der Waals surface area contributed by atoms with Gasteiger partial charge in [-0.05, 0) is 38.0 Å². The van der Waals surface area contributed by atoms with E-state index >= 15 is 0 Å². The molecule has 0 aliphatic heterocycles. The van der Waals surface area contributed by atoms with Gasteiger partial charge < -0.3 is 4.74 Å². The Hall–Kier alpha value is -1.38. The van der Waals surface area contributed by atoms with Crippen molar-refractivity contribution in [1.82, 2.24) is 0 Å². The average Bonchev–Trinajstić information content (AvgIpc) is 2.99. The number of ether oxygens (including phenoxy) is 1. The Labute approximate surface area is 160 Å². The first-order chi connectivity index (χ1) is 12.7. The van der Waals surface area contributed by atoms with Gasteiger partial charge in [-0.15, -0.1) is 0 Å². The molecule has 148 valence electrons. The standard InChI is InChI=1S/C23H38O3/c1-3-5-6-7-8-11-14-20-17-18-22(24)21(20)15-12-9-10-13-16-23(25)26-19-4-2/h4,13,16,20-21H,2-3,5-12,14-15,17-19H2,1H3/t20-,21+/m0/s1. The second kappa shape index (κ2) is 14.8. The summed E-state index contributed by atoms with van der Waals surface area (Å²) in [6, 6.07) is 0. The molecule has 0 saturated heterocycles. The summed E-state index contributed by atoms with van der Waals surface area (Å²) >= 11 is 0. The van der Waals surface area contributed by atoms with Crippen LogP contribution in [0.2, 0.25) is 0 Å². The Morgan fingerprint density at radius 3 is 2.62 bits per heavy atom. The Morgan fingerprint density at radius 1 is 1.12 bits per heavy atom. The van der Waals surface area contributed by atoms with E-state index < -0.39 is 0 Å². The minimum atomic E-state index is -0.310. The second-order valence-corrected chi connectivity index (χ2v) is 7.53. The number of rotatable bonds is 15. The van der Waals surface area contributed by atoms with Gasteiger partial charge in [-0.1, -0.05) is 70.6 Å². The number of Topliss-reactive ketones (excluding diaryl/α,β-unsaturated/α-hetero) is 1. The van der Waals surface area contributed by atoms with Crippen LogP contribution in [0.4, 0.5) is 0 Å². The van der Waals surface area contributed by atoms with Crippen LogP contribution in [0.3, 0.4) is 0 Å². The van der Waals surface area contributed by atoms with Gasteiger partial charge in [0.1, 0.15) is 12.4 Å². The van der Waals surface area contributed by atoms with Gasteiger partial charge in [0.2, 0.25) is 0 Å². The Bertz CT molecular complexity index is 439. The first-order valence-electron chi connectivity index (χ1n) is 10.7. The summed E-state index contributed by atoms with van der Waals surface area (Å²) in [5, 5.41) is 0. The molecular weight excluding hydrogens is 324 g/mol. The maximum atomic E-state index is 12.2. The predicted octanol–water partition coefficient (Wildman–Crippen LogP) is 6.18. The van der Waals surface area contributed by atoms with E-state index in [-0.39, 0.29) is 12.6 Å². The average molecular weight is 363 g/mol. The van der Waals surface area contributed by atoms with Crippen LogP contribution in [0, 0.1) is 11.8 Å². The van der Waals surface area contributed by atoms with E-state index in [9.17, 15) is 9.59 Å². The third-order valence-corrected chi connectivity index (χ3v) is 5.41. The van der Waals surface area contributed by atoms with Crippen LogP contribution in [-0.2, 0) is 14.3 Å². The van der Waals surface area contributed by atoms with E-state index in [1.54, 1.807) is 6.08 Å². The third kappa shape index (κ3) is 9.94. The van der Waals surface area contributed by atoms with Gasteiger partial charge in [0.05, 0.1) is 0 Å². The second-order valence-electron chi connectivity index (χ2n) is 7.53. The molecule has 1 aliphatic rings. The molecule has 1 saturated carbocycles. The number of esters is 1. The highest BCUT2D eigenvalue weighted by Gasteiger charge is 2.33. The number of carbonyl (C=O) groups is 2. The van der Waals surface area contributed by atoms with Crippen molar-refractivity contribution < 1.29 is 14.3 Å². The zero-order valence-corrected chi connectivity index (χ0v) is 16.7. The molecular formula is C23H38O3. The van der Waals surface area contributed by atoms with E-state index in [2.05, 4.69) is 13.5 Å². The summed E-state index contributed by atoms with van der Waals surface area (Å²) in [7, 11) is 0. The normalized spacial score (nSPS) is 20.0. The summed E-state index contributed by atoms with van der Waals surface area (Å²) in [6.07, 6.45) is 20.0. The van der Waals surface area contributed by atoms with Gasteiger partial charge in [-0.3, -0.25) is 4.79 Å². The first kappa shape index (κ1) is 22.7. The third-order valence-electron chi connectivity index (χ3n) is 5.41. The fourth-order valence-corrected chi connectivity index (χ4v) is 3.90. The Balaban J connectivity index is 2.14. The van der Waals surface area contributed by atoms with Crippen LogP contribution in [0.25, 0.3) is 0 Å². The molecule has 0 unspecified atom stereocenters. The minimum absolute atomic E-state index is 0.257. The molecule has 0 aromatic heterocycles. The van der Waals surface area contributed by atoms with Crippen molar-refractivity contribution in [3.63, 3.8) is 0 Å². The molecule has 0 spiro atoms. The van der Waals surface area contributed by atoms with Crippen LogP contribution < -0.4 is 0 Å². The van der Waals surface area contributed by atoms with Gasteiger partial charge in [-0.2, -0.15) is 0 Å². The molecule has 0 amide bonds. The maximum absolute atomic E-state index is 12.2. The molecule has 0 aromatic rings. The van der Waals surface area contributed by atoms with Gasteiger partial charge in [0, 0.05) is 18.4 Å². The van der Waals surface area contributed by atoms with Gasteiger partial charge >= 0.3 is 5.97 Å². The van der Waals surface area contributed by atoms with Crippen molar-refractivity contribution in [3.8, 4) is 0 Å². The summed E-state index contributed by atoms with van der Waals surface area (Å²) in [5.41, 5.74) is 0. The Morgan fingerprint density at radius 2 is 1.85 bits per heavy atom. The largest absolute Gasteiger partial charge is 0.458 e. The lowest BCUT2D eigenvalue weighted by molar-refractivity contribution is -0.136. The molecule has 26 heavy (non-hydrogen) atoms. The van der Waals surface area contributed by atoms with Crippen molar-refractivity contribution >= 4 is 11.8 Å². The molecule has 1 rings (SSSR count). The van der Waals surface area contributed by atoms with Crippen LogP contribution in [0.5, 0.6) is 0 Å². The highest BCUT2D eigenvalue weighted by Crippen LogP contribution is 2.36. The molecule has 1 aliphatic carbocycles. The molecule has 2 atom stereocenters. The SMILES string of the molecule is C=CCOC(=O)C=CCCCC[C@H]1C(=O)CC[C@@H]1CCCCCCCC. The number of hydrogen-bond acceptors (Lipinski definition) is 3. The topological polar surface area (TPSA) is 43.4 Å². The van der Waals surface area contributed by atoms with Crippen LogP contribution in [0.15, 0.2) is 24.8 Å². The summed E-state index contributed by atoms with van der Waals surface area (Å²) in [5.74, 6) is 1.10. The summed E-state index contributed by atoms with van der Waals surface area (Å²) < 4.78 is 4.89. The summed E-state index contributed by atoms with van der Waals surface area (Å²) in [4.78, 5) is 23.5. The quantitative estimate of drug-likeness (QED) is 0.151. The lowest BCUT2D eigenvalue weighted by atomic mass is 9.86. The minimum Gasteiger partial charge on any atom is -0.458 e. The van der Waals surface area contributed by atoms with Crippen molar-refractivity contribution in [2.75, 3.05) is 6.61 Å². The molecule has 1 fully saturated rings. The predicted molar refractivity (Wildman–Crippen MR) is 108 cm³/mol. The first-order valence-corrected chi connectivity index (χ1v) is 10.7. The van der Waals surface area contributed by atoms with E-state index in [0.29, 0.717) is 17.6 Å². The smallest absolute Gasteiger partial charge is 0.330 e. The van der Waals surface area contributed by atoms with Gasteiger partial charge in [-0.25, -0.2) is 4.79 Å². The van der Waals surface area contributed by atoms with E-state index in [1.807, 2.05) is 6.08 Å². The van der Waals surface area contributed by atoms with Crippen LogP contribution in [0.1, 0.15) is 90.4 Å². The van der Waals surface area contributed by atoms with Gasteiger partial charge in [0.25, 0.3) is 0 Å². The maximum Gasteiger partial charge on any atom is 0.330 e.